The van der Waals surface area contributed by atoms with Crippen molar-refractivity contribution in [3.8, 4) is 12.3 Å². The minimum Gasteiger partial charge on any atom is -0.466 e. The Morgan fingerprint density at radius 3 is 2.24 bits per heavy atom. The molecule has 0 heterocycles. The number of ether oxygens (including phenoxy) is 4. The maximum Gasteiger partial charge on any atom is 0.308 e. The number of carbonyl (C=O) groups is 1. The van der Waals surface area contributed by atoms with E-state index in [-0.39, 0.29) is 12.4 Å². The Morgan fingerprint density at radius 1 is 1.06 bits per heavy atom. The van der Waals surface area contributed by atoms with Gasteiger partial charge in [-0.05, 0) is 6.92 Å². The lowest BCUT2D eigenvalue weighted by Gasteiger charge is -2.05. The van der Waals surface area contributed by atoms with Crippen LogP contribution in [-0.2, 0) is 23.7 Å². The smallest absolute Gasteiger partial charge is 0.308 e. The summed E-state index contributed by atoms with van der Waals surface area (Å²) in [6.07, 6.45) is 5.27. The standard InChI is InChI=1S/C12H20O5/c1-3-6-14-8-10-16-11-9-15-7-5-12(13)17-4-2/h1H,4-11H2,2H3. The second kappa shape index (κ2) is 13.0. The van der Waals surface area contributed by atoms with E-state index in [1.807, 2.05) is 0 Å². The van der Waals surface area contributed by atoms with E-state index in [0.29, 0.717) is 46.2 Å². The molecule has 0 aromatic rings. The van der Waals surface area contributed by atoms with Gasteiger partial charge in [0.1, 0.15) is 6.61 Å². The lowest BCUT2D eigenvalue weighted by atomic mass is 10.5. The van der Waals surface area contributed by atoms with Gasteiger partial charge in [0.05, 0.1) is 46.1 Å². The fraction of sp³-hybridized carbons (Fsp3) is 0.750. The summed E-state index contributed by atoms with van der Waals surface area (Å²) in [5.41, 5.74) is 0. The predicted molar refractivity (Wildman–Crippen MR) is 62.5 cm³/mol. The third kappa shape index (κ3) is 12.8. The van der Waals surface area contributed by atoms with Gasteiger partial charge < -0.3 is 18.9 Å². The van der Waals surface area contributed by atoms with E-state index < -0.39 is 0 Å². The summed E-state index contributed by atoms with van der Waals surface area (Å²) < 4.78 is 20.1. The fourth-order valence-electron chi connectivity index (χ4n) is 0.960. The fourth-order valence-corrected chi connectivity index (χ4v) is 0.960. The van der Waals surface area contributed by atoms with Crippen LogP contribution in [0.25, 0.3) is 0 Å². The highest BCUT2D eigenvalue weighted by Crippen LogP contribution is 1.88. The van der Waals surface area contributed by atoms with Crippen LogP contribution in [0.15, 0.2) is 0 Å². The summed E-state index contributed by atoms with van der Waals surface area (Å²) in [7, 11) is 0. The predicted octanol–water partition coefficient (Wildman–Crippen LogP) is 0.623. The van der Waals surface area contributed by atoms with Gasteiger partial charge in [-0.25, -0.2) is 0 Å². The van der Waals surface area contributed by atoms with Gasteiger partial charge in [-0.3, -0.25) is 4.79 Å². The van der Waals surface area contributed by atoms with Gasteiger partial charge in [0.2, 0.25) is 0 Å². The zero-order valence-electron chi connectivity index (χ0n) is 10.3. The summed E-state index contributed by atoms with van der Waals surface area (Å²) in [4.78, 5) is 10.9. The molecular weight excluding hydrogens is 224 g/mol. The van der Waals surface area contributed by atoms with Gasteiger partial charge in [-0.1, -0.05) is 5.92 Å². The Labute approximate surface area is 102 Å². The molecule has 0 aliphatic rings. The van der Waals surface area contributed by atoms with Crippen molar-refractivity contribution in [1.82, 2.24) is 0 Å². The molecule has 0 aliphatic heterocycles. The number of rotatable bonds is 11. The van der Waals surface area contributed by atoms with Gasteiger partial charge in [0.15, 0.2) is 0 Å². The van der Waals surface area contributed by atoms with Crippen LogP contribution in [0.2, 0.25) is 0 Å². The van der Waals surface area contributed by atoms with Crippen LogP contribution in [0.3, 0.4) is 0 Å². The topological polar surface area (TPSA) is 54.0 Å². The van der Waals surface area contributed by atoms with Crippen LogP contribution >= 0.6 is 0 Å². The van der Waals surface area contributed by atoms with Crippen molar-refractivity contribution in [3.63, 3.8) is 0 Å². The third-order valence-electron chi connectivity index (χ3n) is 1.69. The Hall–Kier alpha value is -1.09. The lowest BCUT2D eigenvalue weighted by molar-refractivity contribution is -0.144. The van der Waals surface area contributed by atoms with Gasteiger partial charge >= 0.3 is 5.97 Å². The van der Waals surface area contributed by atoms with Crippen molar-refractivity contribution in [1.29, 1.82) is 0 Å². The Morgan fingerprint density at radius 2 is 1.65 bits per heavy atom. The first kappa shape index (κ1) is 15.9. The van der Waals surface area contributed by atoms with E-state index in [0.717, 1.165) is 0 Å². The van der Waals surface area contributed by atoms with E-state index >= 15 is 0 Å². The highest BCUT2D eigenvalue weighted by molar-refractivity contribution is 5.69. The molecule has 0 atom stereocenters. The lowest BCUT2D eigenvalue weighted by Crippen LogP contribution is -2.12. The highest BCUT2D eigenvalue weighted by Gasteiger charge is 2.00. The van der Waals surface area contributed by atoms with Crippen LogP contribution in [-0.4, -0.2) is 52.2 Å². The molecule has 0 radical (unpaired) electrons. The average Bonchev–Trinajstić information content (AvgIpc) is 2.32. The number of terminal acetylenes is 1. The quantitative estimate of drug-likeness (QED) is 0.303. The molecule has 0 aromatic carbocycles. The minimum absolute atomic E-state index is 0.240. The molecular formula is C12H20O5. The first-order valence-corrected chi connectivity index (χ1v) is 5.63. The average molecular weight is 244 g/mol. The minimum atomic E-state index is -0.240. The molecule has 0 saturated carbocycles. The van der Waals surface area contributed by atoms with Crippen molar-refractivity contribution in [2.75, 3.05) is 46.2 Å². The molecule has 5 heteroatoms. The molecule has 5 nitrogen and oxygen atoms in total. The summed E-state index contributed by atoms with van der Waals surface area (Å²) in [5.74, 6) is 2.12. The summed E-state index contributed by atoms with van der Waals surface area (Å²) in [6.45, 7) is 4.73. The van der Waals surface area contributed by atoms with Gasteiger partial charge in [-0.15, -0.1) is 6.42 Å². The Balaban J connectivity index is 3.04. The molecule has 0 amide bonds. The van der Waals surface area contributed by atoms with E-state index in [4.69, 9.17) is 25.4 Å². The Bertz CT molecular complexity index is 221. The number of carbonyl (C=O) groups excluding carboxylic acids is 1. The van der Waals surface area contributed by atoms with Crippen molar-refractivity contribution in [2.45, 2.75) is 13.3 Å². The van der Waals surface area contributed by atoms with E-state index in [9.17, 15) is 4.79 Å². The first-order valence-electron chi connectivity index (χ1n) is 5.63. The molecule has 0 spiro atoms. The number of hydrogen-bond acceptors (Lipinski definition) is 5. The molecule has 0 aliphatic carbocycles. The maximum atomic E-state index is 10.9. The Kier molecular flexibility index (Phi) is 12.1. The first-order chi connectivity index (χ1) is 8.31. The van der Waals surface area contributed by atoms with Crippen molar-refractivity contribution >= 4 is 5.97 Å². The van der Waals surface area contributed by atoms with Crippen LogP contribution in [0, 0.1) is 12.3 Å². The van der Waals surface area contributed by atoms with Gasteiger partial charge in [0, 0.05) is 0 Å². The highest BCUT2D eigenvalue weighted by atomic mass is 16.5. The summed E-state index contributed by atoms with van der Waals surface area (Å²) in [6, 6.07) is 0. The summed E-state index contributed by atoms with van der Waals surface area (Å²) >= 11 is 0. The van der Waals surface area contributed by atoms with Crippen LogP contribution in [0.1, 0.15) is 13.3 Å². The third-order valence-corrected chi connectivity index (χ3v) is 1.69. The molecule has 0 unspecified atom stereocenters. The molecule has 0 bridgehead atoms. The summed E-state index contributed by atoms with van der Waals surface area (Å²) in [5, 5.41) is 0. The molecule has 0 aromatic heterocycles. The number of esters is 1. The van der Waals surface area contributed by atoms with Gasteiger partial charge in [-0.2, -0.15) is 0 Å². The molecule has 0 saturated heterocycles. The molecule has 98 valence electrons. The zero-order valence-corrected chi connectivity index (χ0v) is 10.3. The molecule has 0 N–H and O–H groups in total. The second-order valence-electron chi connectivity index (χ2n) is 3.04. The normalized spacial score (nSPS) is 9.88. The second-order valence-corrected chi connectivity index (χ2v) is 3.04. The van der Waals surface area contributed by atoms with Gasteiger partial charge in [0.25, 0.3) is 0 Å². The largest absolute Gasteiger partial charge is 0.466 e. The van der Waals surface area contributed by atoms with E-state index in [1.54, 1.807) is 6.92 Å². The van der Waals surface area contributed by atoms with E-state index in [1.165, 1.54) is 0 Å². The maximum absolute atomic E-state index is 10.9. The van der Waals surface area contributed by atoms with Crippen LogP contribution < -0.4 is 0 Å². The van der Waals surface area contributed by atoms with Crippen LogP contribution in [0.4, 0.5) is 0 Å². The molecule has 0 fully saturated rings. The molecule has 17 heavy (non-hydrogen) atoms. The number of hydrogen-bond donors (Lipinski definition) is 0. The molecule has 0 rings (SSSR count). The van der Waals surface area contributed by atoms with Crippen LogP contribution in [0.5, 0.6) is 0 Å². The zero-order chi connectivity index (χ0) is 12.8. The van der Waals surface area contributed by atoms with Crippen molar-refractivity contribution in [3.05, 3.63) is 0 Å². The SMILES string of the molecule is C#CCOCCOCCOCCC(=O)OCC. The van der Waals surface area contributed by atoms with Crippen molar-refractivity contribution in [2.24, 2.45) is 0 Å². The monoisotopic (exact) mass is 244 g/mol. The van der Waals surface area contributed by atoms with Crippen molar-refractivity contribution < 1.29 is 23.7 Å². The van der Waals surface area contributed by atoms with E-state index in [2.05, 4.69) is 5.92 Å².